The van der Waals surface area contributed by atoms with E-state index in [-0.39, 0.29) is 10.8 Å². The molecule has 2 aliphatic heterocycles. The molecule has 0 amide bonds. The quantitative estimate of drug-likeness (QED) is 0.348. The Morgan fingerprint density at radius 1 is 0.595 bits per heavy atom. The van der Waals surface area contributed by atoms with Crippen LogP contribution in [0.4, 0.5) is 0 Å². The third-order valence-electron chi connectivity index (χ3n) is 6.84. The van der Waals surface area contributed by atoms with Crippen molar-refractivity contribution < 1.29 is 27.8 Å². The van der Waals surface area contributed by atoms with Gasteiger partial charge in [0.05, 0.1) is 14.2 Å². The smallest absolute Gasteiger partial charge is 0.252 e. The molecule has 6 nitrogen and oxygen atoms in total. The molecule has 1 spiro atoms. The van der Waals surface area contributed by atoms with E-state index in [0.29, 0.717) is 24.3 Å². The molecule has 2 aliphatic rings. The van der Waals surface area contributed by atoms with Crippen LogP contribution in [-0.4, -0.2) is 36.6 Å². The van der Waals surface area contributed by atoms with Crippen LogP contribution in [0.15, 0.2) is 24.3 Å². The number of methoxy groups -OCH3 is 2. The molecule has 204 valence electrons. The normalized spacial score (nSPS) is 19.1. The standard InChI is InChI=1S/C29H44O6Si2/c1-27(2)17-29(32-21-15-23(30-5)25(13-19(21)27)34-36(7,8)9)18-28(3,4)20-14-26(35-37(10,11)12)24(31-6)16-22(20)33-29/h13-16H,17-18H2,1-12H3. The van der Waals surface area contributed by atoms with Gasteiger partial charge in [-0.3, -0.25) is 0 Å². The molecule has 2 aromatic rings. The summed E-state index contributed by atoms with van der Waals surface area (Å²) in [6, 6.07) is 8.13. The van der Waals surface area contributed by atoms with E-state index in [9.17, 15) is 0 Å². The minimum Gasteiger partial charge on any atom is -0.542 e. The minimum absolute atomic E-state index is 0.212. The molecule has 2 aromatic carbocycles. The second kappa shape index (κ2) is 8.87. The summed E-state index contributed by atoms with van der Waals surface area (Å²) in [5, 5.41) is 0. The zero-order valence-corrected chi connectivity index (χ0v) is 26.7. The van der Waals surface area contributed by atoms with Gasteiger partial charge in [-0.1, -0.05) is 27.7 Å². The zero-order chi connectivity index (χ0) is 27.6. The highest BCUT2D eigenvalue weighted by Gasteiger charge is 2.54. The maximum atomic E-state index is 6.79. The first kappa shape index (κ1) is 27.7. The SMILES string of the molecule is COc1cc2c(cc1O[Si](C)(C)C)C(C)(C)CC1(CC(C)(C)c3cc(O[Si](C)(C)C)c(OC)cc3O1)O2. The molecule has 2 heterocycles. The highest BCUT2D eigenvalue weighted by atomic mass is 28.4. The van der Waals surface area contributed by atoms with Gasteiger partial charge in [0, 0.05) is 46.9 Å². The lowest BCUT2D eigenvalue weighted by Gasteiger charge is -2.51. The lowest BCUT2D eigenvalue weighted by atomic mass is 9.69. The fraction of sp³-hybridized carbons (Fsp3) is 0.586. The number of hydrogen-bond acceptors (Lipinski definition) is 6. The van der Waals surface area contributed by atoms with E-state index in [1.165, 1.54) is 0 Å². The van der Waals surface area contributed by atoms with Gasteiger partial charge in [0.15, 0.2) is 11.5 Å². The van der Waals surface area contributed by atoms with Crippen LogP contribution in [0.25, 0.3) is 0 Å². The molecule has 0 unspecified atom stereocenters. The molecule has 0 saturated carbocycles. The van der Waals surface area contributed by atoms with Gasteiger partial charge in [-0.2, -0.15) is 0 Å². The van der Waals surface area contributed by atoms with Crippen molar-refractivity contribution in [3.05, 3.63) is 35.4 Å². The van der Waals surface area contributed by atoms with E-state index in [4.69, 9.17) is 27.8 Å². The molecule has 0 bridgehead atoms. The highest BCUT2D eigenvalue weighted by Crippen LogP contribution is 2.56. The number of ether oxygens (including phenoxy) is 4. The maximum absolute atomic E-state index is 6.79. The molecule has 0 atom stereocenters. The summed E-state index contributed by atoms with van der Waals surface area (Å²) in [5.41, 5.74) is 1.79. The van der Waals surface area contributed by atoms with Crippen LogP contribution in [-0.2, 0) is 10.8 Å². The van der Waals surface area contributed by atoms with Gasteiger partial charge in [-0.05, 0) is 51.4 Å². The molecule has 0 fully saturated rings. The fourth-order valence-corrected chi connectivity index (χ4v) is 7.25. The van der Waals surface area contributed by atoms with Crippen LogP contribution in [0.2, 0.25) is 39.3 Å². The van der Waals surface area contributed by atoms with Crippen molar-refractivity contribution in [3.8, 4) is 34.5 Å². The summed E-state index contributed by atoms with van der Waals surface area (Å²) in [4.78, 5) is 0. The third kappa shape index (κ3) is 5.60. The van der Waals surface area contributed by atoms with Gasteiger partial charge in [0.1, 0.15) is 23.0 Å². The Bertz CT molecular complexity index is 1100. The van der Waals surface area contributed by atoms with Crippen molar-refractivity contribution in [2.24, 2.45) is 0 Å². The summed E-state index contributed by atoms with van der Waals surface area (Å²) in [6.07, 6.45) is 1.40. The van der Waals surface area contributed by atoms with Crippen molar-refractivity contribution in [1.29, 1.82) is 0 Å². The van der Waals surface area contributed by atoms with Gasteiger partial charge in [0.25, 0.3) is 5.79 Å². The second-order valence-electron chi connectivity index (χ2n) is 13.7. The largest absolute Gasteiger partial charge is 0.542 e. The average Bonchev–Trinajstić information content (AvgIpc) is 2.71. The van der Waals surface area contributed by atoms with Gasteiger partial charge in [0.2, 0.25) is 16.6 Å². The molecule has 0 aliphatic carbocycles. The predicted molar refractivity (Wildman–Crippen MR) is 153 cm³/mol. The van der Waals surface area contributed by atoms with E-state index >= 15 is 0 Å². The highest BCUT2D eigenvalue weighted by molar-refractivity contribution is 6.70. The van der Waals surface area contributed by atoms with Crippen LogP contribution >= 0.6 is 0 Å². The molecular formula is C29H44O6Si2. The summed E-state index contributed by atoms with van der Waals surface area (Å²) < 4.78 is 37.8. The van der Waals surface area contributed by atoms with E-state index in [2.05, 4.69) is 79.1 Å². The van der Waals surface area contributed by atoms with Gasteiger partial charge in [-0.15, -0.1) is 0 Å². The second-order valence-corrected chi connectivity index (χ2v) is 22.5. The van der Waals surface area contributed by atoms with E-state index < -0.39 is 22.4 Å². The van der Waals surface area contributed by atoms with Gasteiger partial charge >= 0.3 is 0 Å². The Morgan fingerprint density at radius 3 is 1.24 bits per heavy atom. The van der Waals surface area contributed by atoms with Gasteiger partial charge < -0.3 is 27.8 Å². The van der Waals surface area contributed by atoms with Crippen LogP contribution in [0.1, 0.15) is 51.7 Å². The van der Waals surface area contributed by atoms with Crippen molar-refractivity contribution in [2.45, 2.75) is 96.4 Å². The first-order chi connectivity index (χ1) is 16.9. The number of benzene rings is 2. The fourth-order valence-electron chi connectivity index (χ4n) is 5.61. The molecule has 0 aromatic heterocycles. The lowest BCUT2D eigenvalue weighted by molar-refractivity contribution is -0.166. The first-order valence-corrected chi connectivity index (χ1v) is 19.9. The van der Waals surface area contributed by atoms with Crippen molar-refractivity contribution in [2.75, 3.05) is 14.2 Å². The minimum atomic E-state index is -1.83. The maximum Gasteiger partial charge on any atom is 0.252 e. The summed E-state index contributed by atoms with van der Waals surface area (Å²) in [6.45, 7) is 22.0. The molecule has 0 radical (unpaired) electrons. The van der Waals surface area contributed by atoms with Crippen LogP contribution in [0, 0.1) is 0 Å². The topological polar surface area (TPSA) is 55.4 Å². The Morgan fingerprint density at radius 2 is 0.946 bits per heavy atom. The number of fused-ring (bicyclic) bond motifs is 2. The van der Waals surface area contributed by atoms with E-state index in [0.717, 1.165) is 34.1 Å². The van der Waals surface area contributed by atoms with Gasteiger partial charge in [-0.25, -0.2) is 0 Å². The Kier molecular flexibility index (Phi) is 6.64. The molecular weight excluding hydrogens is 500 g/mol. The Labute approximate surface area is 224 Å². The van der Waals surface area contributed by atoms with Crippen LogP contribution in [0.5, 0.6) is 34.5 Å². The monoisotopic (exact) mass is 544 g/mol. The molecule has 0 N–H and O–H groups in total. The summed E-state index contributed by atoms with van der Waals surface area (Å²) in [5.74, 6) is 3.65. The van der Waals surface area contributed by atoms with Crippen molar-refractivity contribution in [1.82, 2.24) is 0 Å². The Hall–Kier alpha value is -2.33. The van der Waals surface area contributed by atoms with E-state index in [1.807, 2.05) is 12.1 Å². The first-order valence-electron chi connectivity index (χ1n) is 13.1. The Balaban J connectivity index is 1.78. The third-order valence-corrected chi connectivity index (χ3v) is 8.50. The van der Waals surface area contributed by atoms with Crippen molar-refractivity contribution >= 4 is 16.6 Å². The predicted octanol–water partition coefficient (Wildman–Crippen LogP) is 7.65. The average molecular weight is 545 g/mol. The van der Waals surface area contributed by atoms with Crippen molar-refractivity contribution in [3.63, 3.8) is 0 Å². The summed E-state index contributed by atoms with van der Waals surface area (Å²) in [7, 11) is -0.314. The lowest BCUT2D eigenvalue weighted by Crippen LogP contribution is -2.55. The molecule has 8 heteroatoms. The number of hydrogen-bond donors (Lipinski definition) is 0. The molecule has 0 saturated heterocycles. The molecule has 4 rings (SSSR count). The number of rotatable bonds is 6. The summed E-state index contributed by atoms with van der Waals surface area (Å²) >= 11 is 0. The molecule has 37 heavy (non-hydrogen) atoms. The van der Waals surface area contributed by atoms with E-state index in [1.54, 1.807) is 14.2 Å². The van der Waals surface area contributed by atoms with Crippen LogP contribution < -0.4 is 27.8 Å². The van der Waals surface area contributed by atoms with Crippen LogP contribution in [0.3, 0.4) is 0 Å². The zero-order valence-electron chi connectivity index (χ0n) is 24.7.